The molecule has 4 heterocycles. The molecule has 1 saturated heterocycles. The average molecular weight is 691 g/mol. The highest BCUT2D eigenvalue weighted by molar-refractivity contribution is 14.1. The molecule has 0 saturated carbocycles. The van der Waals surface area contributed by atoms with E-state index in [2.05, 4.69) is 30.9 Å². The molecule has 0 radical (unpaired) electrons. The summed E-state index contributed by atoms with van der Waals surface area (Å²) >= 11 is 7.41. The van der Waals surface area contributed by atoms with Crippen molar-refractivity contribution in [1.82, 2.24) is 30.3 Å². The van der Waals surface area contributed by atoms with Gasteiger partial charge in [-0.05, 0) is 34.7 Å². The van der Waals surface area contributed by atoms with Gasteiger partial charge in [0.1, 0.15) is 17.5 Å². The molecule has 1 aliphatic heterocycles. The highest BCUT2D eigenvalue weighted by Gasteiger charge is 2.46. The van der Waals surface area contributed by atoms with E-state index >= 15 is 0 Å². The summed E-state index contributed by atoms with van der Waals surface area (Å²) in [6.07, 6.45) is -3.75. The molecule has 2 N–H and O–H groups in total. The average Bonchev–Trinajstić information content (AvgIpc) is 3.21. The maximum absolute atomic E-state index is 13.6. The molecule has 1 unspecified atom stereocenters. The Kier molecular flexibility index (Phi) is 8.29. The topological polar surface area (TPSA) is 110 Å². The van der Waals surface area contributed by atoms with Crippen molar-refractivity contribution in [2.75, 3.05) is 29.9 Å². The molecule has 18 heteroatoms. The minimum atomic E-state index is -4.82. The number of carbonyl (C=O) groups is 1. The molecule has 0 bridgehead atoms. The zero-order valence-corrected chi connectivity index (χ0v) is 22.7. The first kappa shape index (κ1) is 28.9. The minimum absolute atomic E-state index is 0.0178. The highest BCUT2D eigenvalue weighted by atomic mass is 127. The maximum atomic E-state index is 13.6. The number of hydrogen-bond acceptors (Lipinski definition) is 7. The van der Waals surface area contributed by atoms with Crippen molar-refractivity contribution in [3.8, 4) is 17.1 Å². The van der Waals surface area contributed by atoms with E-state index < -0.39 is 46.7 Å². The Balaban J connectivity index is 1.52. The van der Waals surface area contributed by atoms with E-state index in [4.69, 9.17) is 16.3 Å². The third-order valence-corrected chi connectivity index (χ3v) is 5.73. The summed E-state index contributed by atoms with van der Waals surface area (Å²) in [5.41, 5.74) is -1.69. The first-order chi connectivity index (χ1) is 18.2. The fourth-order valence-electron chi connectivity index (χ4n) is 3.61. The Morgan fingerprint density at radius 2 is 1.97 bits per heavy atom. The fourth-order valence-corrected chi connectivity index (χ4v) is 3.99. The lowest BCUT2D eigenvalue weighted by Crippen LogP contribution is -2.56. The molecule has 4 rings (SSSR count). The van der Waals surface area contributed by atoms with Gasteiger partial charge in [0.2, 0.25) is 5.88 Å². The van der Waals surface area contributed by atoms with Gasteiger partial charge in [-0.15, -0.1) is 5.10 Å². The van der Waals surface area contributed by atoms with E-state index in [1.54, 1.807) is 0 Å². The van der Waals surface area contributed by atoms with Crippen LogP contribution in [0.1, 0.15) is 11.4 Å². The second-order valence-corrected chi connectivity index (χ2v) is 10.1. The van der Waals surface area contributed by atoms with Crippen LogP contribution in [-0.4, -0.2) is 60.8 Å². The van der Waals surface area contributed by atoms with Crippen LogP contribution in [0.25, 0.3) is 11.3 Å². The van der Waals surface area contributed by atoms with Crippen molar-refractivity contribution in [2.24, 2.45) is 7.05 Å². The molecular formula is C21H18ClF6IN8O2. The normalized spacial score (nSPS) is 15.5. The van der Waals surface area contributed by atoms with E-state index in [9.17, 15) is 31.1 Å². The zero-order valence-electron chi connectivity index (χ0n) is 19.7. The van der Waals surface area contributed by atoms with E-state index in [1.807, 2.05) is 0 Å². The molecule has 0 aromatic carbocycles. The first-order valence-electron chi connectivity index (χ1n) is 10.9. The summed E-state index contributed by atoms with van der Waals surface area (Å²) in [7, 11) is 1.28. The lowest BCUT2D eigenvalue weighted by atomic mass is 10.0. The molecular weight excluding hydrogens is 673 g/mol. The molecule has 1 fully saturated rings. The van der Waals surface area contributed by atoms with Gasteiger partial charge in [-0.2, -0.15) is 23.4 Å². The number of alkyl halides is 7. The van der Waals surface area contributed by atoms with Crippen LogP contribution in [0.3, 0.4) is 0 Å². The van der Waals surface area contributed by atoms with Crippen LogP contribution in [0.4, 0.5) is 42.5 Å². The number of pyridine rings is 1. The van der Waals surface area contributed by atoms with Crippen LogP contribution in [-0.2, 0) is 19.8 Å². The Morgan fingerprint density at radius 3 is 2.62 bits per heavy atom. The maximum Gasteiger partial charge on any atom is 0.435 e. The third-order valence-electron chi connectivity index (χ3n) is 5.18. The largest absolute Gasteiger partial charge is 0.474 e. The summed E-state index contributed by atoms with van der Waals surface area (Å²) in [6, 6.07) is 3.16. The van der Waals surface area contributed by atoms with Crippen LogP contribution in [0, 0.1) is 0 Å². The van der Waals surface area contributed by atoms with Gasteiger partial charge in [-0.3, -0.25) is 4.68 Å². The van der Waals surface area contributed by atoms with Gasteiger partial charge >= 0.3 is 12.2 Å². The number of carbonyl (C=O) groups excluding carboxylic acids is 1. The SMILES string of the molecule is Cn1cc(-c2nnc(CNC(=O)Nc3cc(Cl)nc(OCC(F)I)c3)cc2N2CC(F)(F)C2)c(C(F)(F)F)n1. The monoisotopic (exact) mass is 690 g/mol. The molecule has 1 atom stereocenters. The number of aryl methyl sites for hydroxylation is 1. The van der Waals surface area contributed by atoms with Crippen molar-refractivity contribution in [2.45, 2.75) is 22.8 Å². The number of rotatable bonds is 8. The Morgan fingerprint density at radius 1 is 1.26 bits per heavy atom. The van der Waals surface area contributed by atoms with Gasteiger partial charge in [0, 0.05) is 19.3 Å². The van der Waals surface area contributed by atoms with Crippen LogP contribution < -0.4 is 20.3 Å². The van der Waals surface area contributed by atoms with E-state index in [0.29, 0.717) is 0 Å². The molecule has 0 spiro atoms. The van der Waals surface area contributed by atoms with E-state index in [0.717, 1.165) is 10.9 Å². The van der Waals surface area contributed by atoms with Gasteiger partial charge in [-0.1, -0.05) is 11.6 Å². The predicted molar refractivity (Wildman–Crippen MR) is 136 cm³/mol. The van der Waals surface area contributed by atoms with Crippen LogP contribution in [0.15, 0.2) is 24.4 Å². The van der Waals surface area contributed by atoms with E-state index in [-0.39, 0.29) is 46.9 Å². The molecule has 3 aromatic heterocycles. The number of amides is 2. The van der Waals surface area contributed by atoms with Crippen molar-refractivity contribution in [3.63, 3.8) is 0 Å². The van der Waals surface area contributed by atoms with Gasteiger partial charge < -0.3 is 20.3 Å². The van der Waals surface area contributed by atoms with Crippen LogP contribution >= 0.6 is 34.2 Å². The number of aromatic nitrogens is 5. The smallest absolute Gasteiger partial charge is 0.435 e. The number of anilines is 2. The van der Waals surface area contributed by atoms with Crippen LogP contribution in [0.5, 0.6) is 5.88 Å². The molecule has 10 nitrogen and oxygen atoms in total. The Labute approximate surface area is 235 Å². The quantitative estimate of drug-likeness (QED) is 0.151. The Bertz CT molecular complexity index is 1360. The highest BCUT2D eigenvalue weighted by Crippen LogP contribution is 2.41. The van der Waals surface area contributed by atoms with Crippen molar-refractivity contribution < 1.29 is 35.9 Å². The minimum Gasteiger partial charge on any atom is -0.474 e. The predicted octanol–water partition coefficient (Wildman–Crippen LogP) is 4.83. The second kappa shape index (κ2) is 11.2. The molecule has 1 aliphatic rings. The molecule has 39 heavy (non-hydrogen) atoms. The van der Waals surface area contributed by atoms with Crippen molar-refractivity contribution >= 4 is 51.6 Å². The number of urea groups is 1. The van der Waals surface area contributed by atoms with Crippen LogP contribution in [0.2, 0.25) is 5.15 Å². The molecule has 210 valence electrons. The molecule has 3 aromatic rings. The first-order valence-corrected chi connectivity index (χ1v) is 12.6. The van der Waals surface area contributed by atoms with Gasteiger partial charge in [0.05, 0.1) is 42.3 Å². The Hall–Kier alpha value is -3.09. The van der Waals surface area contributed by atoms with E-state index in [1.165, 1.54) is 52.7 Å². The number of nitrogens with one attached hydrogen (secondary N) is 2. The summed E-state index contributed by atoms with van der Waals surface area (Å²) < 4.78 is 85.7. The molecule has 0 aliphatic carbocycles. The summed E-state index contributed by atoms with van der Waals surface area (Å²) in [5.74, 6) is -3.04. The third kappa shape index (κ3) is 7.31. The second-order valence-electron chi connectivity index (χ2n) is 8.37. The number of halogens is 8. The fraction of sp³-hybridized carbons (Fsp3) is 0.381. The number of nitrogens with zero attached hydrogens (tertiary/aromatic N) is 6. The summed E-state index contributed by atoms with van der Waals surface area (Å²) in [4.78, 5) is 17.4. The van der Waals surface area contributed by atoms with Crippen molar-refractivity contribution in [1.29, 1.82) is 0 Å². The number of ether oxygens (including phenoxy) is 1. The number of hydrogen-bond donors (Lipinski definition) is 2. The summed E-state index contributed by atoms with van der Waals surface area (Å²) in [5, 5.41) is 16.1. The van der Waals surface area contributed by atoms with Crippen molar-refractivity contribution in [3.05, 3.63) is 40.9 Å². The summed E-state index contributed by atoms with van der Waals surface area (Å²) in [6.45, 7) is -2.00. The van der Waals surface area contributed by atoms with Gasteiger partial charge in [0.15, 0.2) is 9.87 Å². The lowest BCUT2D eigenvalue weighted by molar-refractivity contribution is -0.141. The standard InChI is InChI=1S/C21H18ClF6IN8O2/c1-36-6-12(18(35-36)21(26,27)28)17-13(37-8-20(24,25)9-37)2-11(33-34-17)5-30-19(38)31-10-3-14(22)32-16(4-10)39-7-15(23)29/h2-4,6,15H,5,7-9H2,1H3,(H2,30,31,32,38). The lowest BCUT2D eigenvalue weighted by Gasteiger charge is -2.41. The van der Waals surface area contributed by atoms with Gasteiger partial charge in [0.25, 0.3) is 5.92 Å². The molecule has 2 amide bonds. The van der Waals surface area contributed by atoms with Gasteiger partial charge in [-0.25, -0.2) is 22.9 Å². The zero-order chi connectivity index (χ0) is 28.5.